The number of aryl methyl sites for hydroxylation is 1. The molecule has 0 saturated heterocycles. The highest BCUT2D eigenvalue weighted by molar-refractivity contribution is 5.94. The minimum atomic E-state index is -0.427. The number of hydrogen-bond acceptors (Lipinski definition) is 4. The summed E-state index contributed by atoms with van der Waals surface area (Å²) in [7, 11) is 0. The lowest BCUT2D eigenvalue weighted by molar-refractivity contribution is -0.124. The van der Waals surface area contributed by atoms with Gasteiger partial charge in [-0.3, -0.25) is 9.59 Å². The Labute approximate surface area is 167 Å². The predicted molar refractivity (Wildman–Crippen MR) is 103 cm³/mol. The van der Waals surface area contributed by atoms with Gasteiger partial charge in [0.2, 0.25) is 5.91 Å². The molecule has 0 bridgehead atoms. The van der Waals surface area contributed by atoms with Gasteiger partial charge in [-0.2, -0.15) is 0 Å². The smallest absolute Gasteiger partial charge is 0.251 e. The lowest BCUT2D eigenvalue weighted by atomic mass is 10.2. The quantitative estimate of drug-likeness (QED) is 0.672. The van der Waals surface area contributed by atoms with E-state index in [9.17, 15) is 14.0 Å². The minimum absolute atomic E-state index is 0.150. The number of amides is 2. The Balaban J connectivity index is 1.40. The molecule has 1 aliphatic rings. The zero-order valence-corrected chi connectivity index (χ0v) is 15.6. The van der Waals surface area contributed by atoms with Gasteiger partial charge in [0, 0.05) is 18.5 Å². The first-order valence-corrected chi connectivity index (χ1v) is 9.40. The van der Waals surface area contributed by atoms with Crippen LogP contribution in [0.25, 0.3) is 0 Å². The molecule has 148 valence electrons. The summed E-state index contributed by atoms with van der Waals surface area (Å²) >= 11 is 0. The van der Waals surface area contributed by atoms with E-state index in [1.54, 1.807) is 41.0 Å². The summed E-state index contributed by atoms with van der Waals surface area (Å²) in [4.78, 5) is 25.0. The van der Waals surface area contributed by atoms with E-state index < -0.39 is 6.04 Å². The Bertz CT molecular complexity index is 1020. The number of fused-ring (bicyclic) bond motifs is 1. The first-order valence-electron chi connectivity index (χ1n) is 9.40. The Morgan fingerprint density at radius 3 is 2.52 bits per heavy atom. The van der Waals surface area contributed by atoms with Gasteiger partial charge < -0.3 is 15.2 Å². The third-order valence-electron chi connectivity index (χ3n) is 4.92. The Hall–Kier alpha value is -3.55. The van der Waals surface area contributed by atoms with Crippen molar-refractivity contribution in [2.24, 2.45) is 0 Å². The molecule has 0 saturated carbocycles. The van der Waals surface area contributed by atoms with Gasteiger partial charge in [0.05, 0.1) is 6.54 Å². The Morgan fingerprint density at radius 2 is 1.76 bits per heavy atom. The lowest BCUT2D eigenvalue weighted by Gasteiger charge is -2.15. The molecule has 1 unspecified atom stereocenters. The average Bonchev–Trinajstić information content (AvgIpc) is 3.34. The second-order valence-corrected chi connectivity index (χ2v) is 6.85. The van der Waals surface area contributed by atoms with Crippen molar-refractivity contribution in [1.82, 2.24) is 25.4 Å². The SMILES string of the molecule is O=C(NCc1nnc2n1C(C(=O)NCc1ccc(F)cc1)CC2)c1ccccc1. The predicted octanol–water partition coefficient (Wildman–Crippen LogP) is 2.15. The van der Waals surface area contributed by atoms with Gasteiger partial charge in [-0.25, -0.2) is 4.39 Å². The van der Waals surface area contributed by atoms with Crippen molar-refractivity contribution >= 4 is 11.8 Å². The van der Waals surface area contributed by atoms with Crippen molar-refractivity contribution in [3.8, 4) is 0 Å². The largest absolute Gasteiger partial charge is 0.350 e. The number of nitrogens with one attached hydrogen (secondary N) is 2. The molecule has 7 nitrogen and oxygen atoms in total. The highest BCUT2D eigenvalue weighted by Gasteiger charge is 2.32. The van der Waals surface area contributed by atoms with Crippen LogP contribution in [-0.2, 0) is 24.3 Å². The maximum absolute atomic E-state index is 13.0. The lowest BCUT2D eigenvalue weighted by Crippen LogP contribution is -2.32. The molecule has 4 rings (SSSR count). The van der Waals surface area contributed by atoms with Crippen molar-refractivity contribution in [3.05, 3.63) is 83.2 Å². The molecule has 1 aromatic heterocycles. The molecular weight excluding hydrogens is 373 g/mol. The number of carbonyl (C=O) groups excluding carboxylic acids is 2. The number of carbonyl (C=O) groups is 2. The molecular formula is C21H20FN5O2. The van der Waals surface area contributed by atoms with E-state index in [4.69, 9.17) is 0 Å². The van der Waals surface area contributed by atoms with Gasteiger partial charge in [-0.1, -0.05) is 30.3 Å². The van der Waals surface area contributed by atoms with Crippen LogP contribution in [0.2, 0.25) is 0 Å². The fourth-order valence-electron chi connectivity index (χ4n) is 3.41. The zero-order valence-electron chi connectivity index (χ0n) is 15.6. The number of rotatable bonds is 6. The van der Waals surface area contributed by atoms with E-state index >= 15 is 0 Å². The van der Waals surface area contributed by atoms with Crippen LogP contribution in [0, 0.1) is 5.82 Å². The molecule has 0 spiro atoms. The summed E-state index contributed by atoms with van der Waals surface area (Å²) in [5.41, 5.74) is 1.37. The maximum atomic E-state index is 13.0. The molecule has 0 aliphatic carbocycles. The molecule has 0 fully saturated rings. The topological polar surface area (TPSA) is 88.9 Å². The second-order valence-electron chi connectivity index (χ2n) is 6.85. The number of halogens is 1. The summed E-state index contributed by atoms with van der Waals surface area (Å²) in [6.07, 6.45) is 1.27. The van der Waals surface area contributed by atoms with E-state index in [1.807, 2.05) is 6.07 Å². The van der Waals surface area contributed by atoms with Crippen molar-refractivity contribution in [3.63, 3.8) is 0 Å². The highest BCUT2D eigenvalue weighted by atomic mass is 19.1. The standard InChI is InChI=1S/C21H20FN5O2/c22-16-8-6-14(7-9-16)12-23-21(29)17-10-11-18-25-26-19(27(17)18)13-24-20(28)15-4-2-1-3-5-15/h1-9,17H,10-13H2,(H,23,29)(H,24,28). The molecule has 1 aliphatic heterocycles. The second kappa shape index (κ2) is 8.22. The summed E-state index contributed by atoms with van der Waals surface area (Å²) in [6, 6.07) is 14.5. The molecule has 2 amide bonds. The summed E-state index contributed by atoms with van der Waals surface area (Å²) in [5, 5.41) is 14.0. The van der Waals surface area contributed by atoms with Crippen LogP contribution in [-0.4, -0.2) is 26.6 Å². The zero-order chi connectivity index (χ0) is 20.2. The van der Waals surface area contributed by atoms with Crippen LogP contribution >= 0.6 is 0 Å². The molecule has 2 heterocycles. The number of benzene rings is 2. The first-order chi connectivity index (χ1) is 14.1. The number of nitrogens with zero attached hydrogens (tertiary/aromatic N) is 3. The first kappa shape index (κ1) is 18.8. The molecule has 0 radical (unpaired) electrons. The maximum Gasteiger partial charge on any atom is 0.251 e. The van der Waals surface area contributed by atoms with Crippen LogP contribution in [0.15, 0.2) is 54.6 Å². The van der Waals surface area contributed by atoms with Gasteiger partial charge in [0.1, 0.15) is 17.7 Å². The Morgan fingerprint density at radius 1 is 1.00 bits per heavy atom. The summed E-state index contributed by atoms with van der Waals surface area (Å²) in [5.74, 6) is 0.605. The third kappa shape index (κ3) is 4.16. The summed E-state index contributed by atoms with van der Waals surface area (Å²) in [6.45, 7) is 0.496. The van der Waals surface area contributed by atoms with Gasteiger partial charge in [0.15, 0.2) is 5.82 Å². The van der Waals surface area contributed by atoms with Crippen LogP contribution in [0.3, 0.4) is 0 Å². The molecule has 8 heteroatoms. The van der Waals surface area contributed by atoms with Crippen LogP contribution in [0.5, 0.6) is 0 Å². The van der Waals surface area contributed by atoms with Crippen LogP contribution in [0.1, 0.15) is 40.0 Å². The van der Waals surface area contributed by atoms with E-state index in [0.717, 1.165) is 11.4 Å². The average molecular weight is 393 g/mol. The molecule has 29 heavy (non-hydrogen) atoms. The van der Waals surface area contributed by atoms with E-state index in [2.05, 4.69) is 20.8 Å². The molecule has 2 N–H and O–H groups in total. The van der Waals surface area contributed by atoms with Crippen LogP contribution < -0.4 is 10.6 Å². The van der Waals surface area contributed by atoms with Crippen molar-refractivity contribution < 1.29 is 14.0 Å². The van der Waals surface area contributed by atoms with Gasteiger partial charge in [-0.15, -0.1) is 10.2 Å². The number of aromatic nitrogens is 3. The van der Waals surface area contributed by atoms with Crippen molar-refractivity contribution in [2.75, 3.05) is 0 Å². The molecule has 1 atom stereocenters. The van der Waals surface area contributed by atoms with Crippen LogP contribution in [0.4, 0.5) is 4.39 Å². The van der Waals surface area contributed by atoms with Crippen molar-refractivity contribution in [2.45, 2.75) is 32.0 Å². The molecule has 2 aromatic carbocycles. The number of hydrogen-bond donors (Lipinski definition) is 2. The monoisotopic (exact) mass is 393 g/mol. The minimum Gasteiger partial charge on any atom is -0.350 e. The van der Waals surface area contributed by atoms with E-state index in [0.29, 0.717) is 30.8 Å². The van der Waals surface area contributed by atoms with Gasteiger partial charge in [-0.05, 0) is 36.2 Å². The summed E-state index contributed by atoms with van der Waals surface area (Å²) < 4.78 is 14.8. The van der Waals surface area contributed by atoms with Gasteiger partial charge >= 0.3 is 0 Å². The molecule has 3 aromatic rings. The highest BCUT2D eigenvalue weighted by Crippen LogP contribution is 2.26. The van der Waals surface area contributed by atoms with E-state index in [1.165, 1.54) is 12.1 Å². The Kier molecular flexibility index (Phi) is 5.33. The third-order valence-corrected chi connectivity index (χ3v) is 4.92. The fraction of sp³-hybridized carbons (Fsp3) is 0.238. The fourth-order valence-corrected chi connectivity index (χ4v) is 3.41. The van der Waals surface area contributed by atoms with E-state index in [-0.39, 0.29) is 24.2 Å². The normalized spacial score (nSPS) is 15.0. The van der Waals surface area contributed by atoms with Crippen molar-refractivity contribution in [1.29, 1.82) is 0 Å². The van der Waals surface area contributed by atoms with Gasteiger partial charge in [0.25, 0.3) is 5.91 Å².